The Morgan fingerprint density at radius 3 is 2.55 bits per heavy atom. The predicted octanol–water partition coefficient (Wildman–Crippen LogP) is 3.06. The molecule has 0 atom stereocenters. The van der Waals surface area contributed by atoms with Crippen molar-refractivity contribution >= 4 is 22.9 Å². The summed E-state index contributed by atoms with van der Waals surface area (Å²) in [6, 6.07) is 3.76. The van der Waals surface area contributed by atoms with E-state index >= 15 is 0 Å². The lowest BCUT2D eigenvalue weighted by Gasteiger charge is -1.98. The van der Waals surface area contributed by atoms with Crippen LogP contribution in [-0.4, -0.2) is 21.3 Å². The van der Waals surface area contributed by atoms with Gasteiger partial charge in [-0.1, -0.05) is 13.8 Å². The summed E-state index contributed by atoms with van der Waals surface area (Å²) in [4.78, 5) is 26.2. The Hall–Kier alpha value is -1.75. The number of aromatic nitrogens is 2. The third-order valence-corrected chi connectivity index (χ3v) is 4.42. The van der Waals surface area contributed by atoms with Gasteiger partial charge in [0.25, 0.3) is 0 Å². The molecule has 0 spiro atoms. The van der Waals surface area contributed by atoms with Crippen LogP contribution in [0.3, 0.4) is 0 Å². The zero-order chi connectivity index (χ0) is 14.7. The van der Waals surface area contributed by atoms with Gasteiger partial charge < -0.3 is 0 Å². The minimum absolute atomic E-state index is 0.0810. The summed E-state index contributed by atoms with van der Waals surface area (Å²) >= 11 is 1.47. The fourth-order valence-corrected chi connectivity index (χ4v) is 2.96. The first-order valence-corrected chi connectivity index (χ1v) is 7.54. The van der Waals surface area contributed by atoms with Crippen molar-refractivity contribution < 1.29 is 9.59 Å². The summed E-state index contributed by atoms with van der Waals surface area (Å²) in [6.07, 6.45) is 3.21. The van der Waals surface area contributed by atoms with E-state index in [1.165, 1.54) is 11.3 Å². The van der Waals surface area contributed by atoms with Gasteiger partial charge in [0.15, 0.2) is 11.6 Å². The first kappa shape index (κ1) is 14.7. The number of carbonyl (C=O) groups is 2. The molecular formula is C15H18N2O2S. The van der Waals surface area contributed by atoms with Gasteiger partial charge in [-0.2, -0.15) is 5.10 Å². The van der Waals surface area contributed by atoms with Crippen LogP contribution in [0.2, 0.25) is 0 Å². The molecule has 106 valence electrons. The molecular weight excluding hydrogens is 272 g/mol. The molecule has 0 saturated carbocycles. The second kappa shape index (κ2) is 6.13. The Bertz CT molecular complexity index is 640. The van der Waals surface area contributed by atoms with Gasteiger partial charge in [-0.05, 0) is 25.0 Å². The lowest BCUT2D eigenvalue weighted by atomic mass is 10.1. The lowest BCUT2D eigenvalue weighted by Crippen LogP contribution is -2.08. The van der Waals surface area contributed by atoms with E-state index in [2.05, 4.69) is 12.0 Å². The maximum atomic E-state index is 12.2. The number of rotatable bonds is 6. The van der Waals surface area contributed by atoms with Gasteiger partial charge in [0.1, 0.15) is 0 Å². The largest absolute Gasteiger partial charge is 0.294 e. The molecule has 0 aliphatic heterocycles. The summed E-state index contributed by atoms with van der Waals surface area (Å²) in [6.45, 7) is 4.00. The molecule has 0 N–H and O–H groups in total. The highest BCUT2D eigenvalue weighted by Crippen LogP contribution is 2.20. The molecule has 0 unspecified atom stereocenters. The number of ketones is 2. The average molecular weight is 290 g/mol. The highest BCUT2D eigenvalue weighted by molar-refractivity contribution is 7.14. The Morgan fingerprint density at radius 2 is 1.95 bits per heavy atom. The molecule has 2 aromatic heterocycles. The van der Waals surface area contributed by atoms with E-state index in [4.69, 9.17) is 0 Å². The van der Waals surface area contributed by atoms with Crippen molar-refractivity contribution in [3.63, 3.8) is 0 Å². The van der Waals surface area contributed by atoms with Crippen LogP contribution in [-0.2, 0) is 19.9 Å². The van der Waals surface area contributed by atoms with Crippen LogP contribution in [0.4, 0.5) is 0 Å². The van der Waals surface area contributed by atoms with Gasteiger partial charge in [0.2, 0.25) is 0 Å². The summed E-state index contributed by atoms with van der Waals surface area (Å²) in [5, 5.41) is 4.23. The molecule has 2 rings (SSSR count). The van der Waals surface area contributed by atoms with Crippen molar-refractivity contribution in [2.75, 3.05) is 0 Å². The van der Waals surface area contributed by atoms with Crippen LogP contribution < -0.4 is 0 Å². The normalized spacial score (nSPS) is 10.8. The zero-order valence-corrected chi connectivity index (χ0v) is 12.8. The summed E-state index contributed by atoms with van der Waals surface area (Å²) in [5.74, 6) is -0.253. The van der Waals surface area contributed by atoms with Gasteiger partial charge in [-0.3, -0.25) is 14.3 Å². The van der Waals surface area contributed by atoms with Crippen LogP contribution in [0.1, 0.15) is 50.9 Å². The minimum Gasteiger partial charge on any atom is -0.294 e. The van der Waals surface area contributed by atoms with E-state index in [0.29, 0.717) is 16.9 Å². The second-order valence-electron chi connectivity index (χ2n) is 4.66. The first-order valence-electron chi connectivity index (χ1n) is 6.72. The van der Waals surface area contributed by atoms with Gasteiger partial charge >= 0.3 is 0 Å². The van der Waals surface area contributed by atoms with Crippen molar-refractivity contribution in [1.82, 2.24) is 9.78 Å². The summed E-state index contributed by atoms with van der Waals surface area (Å²) in [7, 11) is 1.78. The molecule has 0 aliphatic carbocycles. The minimum atomic E-state index is -0.147. The second-order valence-corrected chi connectivity index (χ2v) is 5.83. The smallest absolute Gasteiger partial charge is 0.180 e. The number of carbonyl (C=O) groups excluding carboxylic acids is 2. The van der Waals surface area contributed by atoms with Crippen LogP contribution in [0.15, 0.2) is 18.3 Å². The van der Waals surface area contributed by atoms with Crippen molar-refractivity contribution in [3.8, 4) is 0 Å². The molecule has 0 fully saturated rings. The van der Waals surface area contributed by atoms with Crippen LogP contribution in [0, 0.1) is 0 Å². The van der Waals surface area contributed by atoms with Gasteiger partial charge in [-0.15, -0.1) is 11.3 Å². The monoisotopic (exact) mass is 290 g/mol. The maximum absolute atomic E-state index is 12.2. The molecule has 0 bridgehead atoms. The number of thiophene rings is 1. The zero-order valence-electron chi connectivity index (χ0n) is 12.0. The van der Waals surface area contributed by atoms with E-state index in [0.717, 1.165) is 17.0 Å². The highest BCUT2D eigenvalue weighted by Gasteiger charge is 2.19. The molecule has 0 aromatic carbocycles. The van der Waals surface area contributed by atoms with Crippen LogP contribution in [0.5, 0.6) is 0 Å². The Balaban J connectivity index is 2.12. The van der Waals surface area contributed by atoms with Gasteiger partial charge in [0.05, 0.1) is 22.6 Å². The molecule has 0 aliphatic rings. The van der Waals surface area contributed by atoms with Crippen LogP contribution >= 0.6 is 11.3 Å². The molecule has 5 heteroatoms. The Kier molecular flexibility index (Phi) is 4.49. The third-order valence-electron chi connectivity index (χ3n) is 3.15. The van der Waals surface area contributed by atoms with Crippen molar-refractivity contribution in [3.05, 3.63) is 39.3 Å². The van der Waals surface area contributed by atoms with E-state index in [9.17, 15) is 9.59 Å². The first-order chi connectivity index (χ1) is 9.55. The average Bonchev–Trinajstić information content (AvgIpc) is 3.04. The molecule has 20 heavy (non-hydrogen) atoms. The molecule has 2 aromatic rings. The van der Waals surface area contributed by atoms with E-state index < -0.39 is 0 Å². The Morgan fingerprint density at radius 1 is 1.20 bits per heavy atom. The van der Waals surface area contributed by atoms with Crippen molar-refractivity contribution in [2.24, 2.45) is 7.05 Å². The highest BCUT2D eigenvalue weighted by atomic mass is 32.1. The Labute approximate surface area is 122 Å². The van der Waals surface area contributed by atoms with E-state index in [1.54, 1.807) is 17.9 Å². The molecule has 0 radical (unpaired) electrons. The maximum Gasteiger partial charge on any atom is 0.180 e. The molecule has 0 saturated heterocycles. The summed E-state index contributed by atoms with van der Waals surface area (Å²) in [5.41, 5.74) is 1.32. The van der Waals surface area contributed by atoms with Gasteiger partial charge in [0, 0.05) is 18.1 Å². The number of aryl methyl sites for hydroxylation is 3. The van der Waals surface area contributed by atoms with Crippen molar-refractivity contribution in [2.45, 2.75) is 33.1 Å². The fraction of sp³-hybridized carbons (Fsp3) is 0.400. The SMILES string of the molecule is CCc1ccc(C(=O)CC(=O)c2cn(C)nc2CC)s1. The standard InChI is InChI=1S/C15H18N2O2S/c1-4-10-6-7-15(20-10)14(19)8-13(18)11-9-17(3)16-12(11)5-2/h6-7,9H,4-5,8H2,1-3H3. The molecule has 4 nitrogen and oxygen atoms in total. The lowest BCUT2D eigenvalue weighted by molar-refractivity contribution is 0.0896. The van der Waals surface area contributed by atoms with E-state index in [-0.39, 0.29) is 18.0 Å². The summed E-state index contributed by atoms with van der Waals surface area (Å²) < 4.78 is 1.62. The molecule has 2 heterocycles. The number of nitrogens with zero attached hydrogens (tertiary/aromatic N) is 2. The predicted molar refractivity (Wildman–Crippen MR) is 79.6 cm³/mol. The van der Waals surface area contributed by atoms with Gasteiger partial charge in [-0.25, -0.2) is 0 Å². The van der Waals surface area contributed by atoms with Crippen LogP contribution in [0.25, 0.3) is 0 Å². The van der Waals surface area contributed by atoms with Crippen molar-refractivity contribution in [1.29, 1.82) is 0 Å². The number of hydrogen-bond donors (Lipinski definition) is 0. The topological polar surface area (TPSA) is 52.0 Å². The quantitative estimate of drug-likeness (QED) is 0.607. The number of Topliss-reactive ketones (excluding diaryl/α,β-unsaturated/α-hetero) is 2. The van der Waals surface area contributed by atoms with E-state index in [1.807, 2.05) is 19.1 Å². The third kappa shape index (κ3) is 3.04. The molecule has 0 amide bonds. The number of hydrogen-bond acceptors (Lipinski definition) is 4. The fourth-order valence-electron chi connectivity index (χ4n) is 2.07.